The van der Waals surface area contributed by atoms with Crippen molar-refractivity contribution in [3.05, 3.63) is 35.9 Å². The van der Waals surface area contributed by atoms with Crippen molar-refractivity contribution in [2.75, 3.05) is 34.2 Å². The van der Waals surface area contributed by atoms with Crippen LogP contribution in [0.2, 0.25) is 0 Å². The van der Waals surface area contributed by atoms with Crippen molar-refractivity contribution in [2.45, 2.75) is 47.6 Å². The third-order valence-electron chi connectivity index (χ3n) is 4.39. The summed E-state index contributed by atoms with van der Waals surface area (Å²) in [4.78, 5) is 14.8. The van der Waals surface area contributed by atoms with Gasteiger partial charge in [-0.1, -0.05) is 65.0 Å². The lowest BCUT2D eigenvalue weighted by Gasteiger charge is -2.36. The van der Waals surface area contributed by atoms with Gasteiger partial charge in [-0.3, -0.25) is 4.79 Å². The van der Waals surface area contributed by atoms with E-state index in [1.54, 1.807) is 0 Å². The summed E-state index contributed by atoms with van der Waals surface area (Å²) in [6.07, 6.45) is 0.894. The zero-order valence-electron chi connectivity index (χ0n) is 17.0. The molecule has 0 bridgehead atoms. The van der Waals surface area contributed by atoms with Crippen LogP contribution in [0.3, 0.4) is 0 Å². The van der Waals surface area contributed by atoms with Crippen molar-refractivity contribution in [3.8, 4) is 0 Å². The fraction of sp³-hybridized carbons (Fsp3) is 0.667. The standard InChI is InChI=1S/C21H37N2O/c1-20(2,3)17-21(4,5)19(24)22(6)14-15-23(7,8)16-18-12-10-9-11-13-18/h9-13H,14-17H2,1-8H3/q+1. The molecule has 0 heterocycles. The average Bonchev–Trinajstić information content (AvgIpc) is 2.42. The van der Waals surface area contributed by atoms with E-state index in [1.807, 2.05) is 18.0 Å². The van der Waals surface area contributed by atoms with Gasteiger partial charge in [0.15, 0.2) is 0 Å². The Kier molecular flexibility index (Phi) is 6.63. The number of hydrogen-bond acceptors (Lipinski definition) is 1. The van der Waals surface area contributed by atoms with Crippen LogP contribution in [-0.2, 0) is 11.3 Å². The van der Waals surface area contributed by atoms with E-state index in [2.05, 4.69) is 73.0 Å². The third kappa shape index (κ3) is 7.04. The Balaban J connectivity index is 2.60. The number of carbonyl (C=O) groups excluding carboxylic acids is 1. The van der Waals surface area contributed by atoms with Crippen LogP contribution in [0.1, 0.15) is 46.6 Å². The van der Waals surface area contributed by atoms with Crippen LogP contribution >= 0.6 is 0 Å². The molecule has 0 saturated carbocycles. The monoisotopic (exact) mass is 333 g/mol. The van der Waals surface area contributed by atoms with Crippen LogP contribution in [0.5, 0.6) is 0 Å². The van der Waals surface area contributed by atoms with Gasteiger partial charge in [0.1, 0.15) is 6.54 Å². The maximum absolute atomic E-state index is 12.8. The fourth-order valence-corrected chi connectivity index (χ4v) is 3.60. The van der Waals surface area contributed by atoms with Gasteiger partial charge >= 0.3 is 0 Å². The van der Waals surface area contributed by atoms with Gasteiger partial charge < -0.3 is 9.38 Å². The largest absolute Gasteiger partial charge is 0.340 e. The number of hydrogen-bond donors (Lipinski definition) is 0. The molecule has 0 unspecified atom stereocenters. The van der Waals surface area contributed by atoms with Gasteiger partial charge in [0.2, 0.25) is 5.91 Å². The zero-order chi connectivity index (χ0) is 18.6. The molecule has 1 rings (SSSR count). The maximum atomic E-state index is 12.8. The van der Waals surface area contributed by atoms with E-state index in [1.165, 1.54) is 5.56 Å². The molecule has 0 aliphatic rings. The van der Waals surface area contributed by atoms with E-state index in [4.69, 9.17) is 0 Å². The summed E-state index contributed by atoms with van der Waals surface area (Å²) in [5.74, 6) is 0.247. The minimum absolute atomic E-state index is 0.155. The topological polar surface area (TPSA) is 20.3 Å². The van der Waals surface area contributed by atoms with Crippen LogP contribution in [0, 0.1) is 10.8 Å². The summed E-state index contributed by atoms with van der Waals surface area (Å²) < 4.78 is 0.876. The molecule has 3 heteroatoms. The van der Waals surface area contributed by atoms with Gasteiger partial charge in [-0.15, -0.1) is 0 Å². The molecule has 136 valence electrons. The first-order valence-electron chi connectivity index (χ1n) is 8.94. The number of carbonyl (C=O) groups is 1. The van der Waals surface area contributed by atoms with Gasteiger partial charge in [0.25, 0.3) is 0 Å². The lowest BCUT2D eigenvalue weighted by atomic mass is 9.75. The van der Waals surface area contributed by atoms with Crippen molar-refractivity contribution < 1.29 is 9.28 Å². The van der Waals surface area contributed by atoms with Crippen molar-refractivity contribution in [3.63, 3.8) is 0 Å². The minimum Gasteiger partial charge on any atom is -0.340 e. The van der Waals surface area contributed by atoms with Crippen LogP contribution < -0.4 is 0 Å². The average molecular weight is 334 g/mol. The Bertz CT molecular complexity index is 527. The Morgan fingerprint density at radius 2 is 1.58 bits per heavy atom. The van der Waals surface area contributed by atoms with Crippen LogP contribution in [0.15, 0.2) is 30.3 Å². The molecule has 1 aromatic rings. The normalized spacial score (nSPS) is 13.0. The summed E-state index contributed by atoms with van der Waals surface area (Å²) in [7, 11) is 6.40. The molecule has 0 fully saturated rings. The number of likely N-dealkylation sites (N-methyl/N-ethyl adjacent to an activating group) is 2. The fourth-order valence-electron chi connectivity index (χ4n) is 3.60. The molecule has 1 aromatic carbocycles. The van der Waals surface area contributed by atoms with Gasteiger partial charge in [-0.25, -0.2) is 0 Å². The van der Waals surface area contributed by atoms with Crippen molar-refractivity contribution in [2.24, 2.45) is 10.8 Å². The molecule has 3 nitrogen and oxygen atoms in total. The van der Waals surface area contributed by atoms with Gasteiger partial charge in [0.05, 0.1) is 27.2 Å². The molecular formula is C21H37N2O+. The molecule has 0 spiro atoms. The number of rotatable bonds is 7. The summed E-state index contributed by atoms with van der Waals surface area (Å²) in [6.45, 7) is 13.4. The highest BCUT2D eigenvalue weighted by Crippen LogP contribution is 2.34. The number of benzene rings is 1. The van der Waals surface area contributed by atoms with E-state index < -0.39 is 0 Å². The zero-order valence-corrected chi connectivity index (χ0v) is 17.0. The first-order chi connectivity index (χ1) is 10.8. The highest BCUT2D eigenvalue weighted by Gasteiger charge is 2.35. The summed E-state index contributed by atoms with van der Waals surface area (Å²) in [5, 5.41) is 0. The van der Waals surface area contributed by atoms with E-state index in [9.17, 15) is 4.79 Å². The second kappa shape index (κ2) is 7.69. The third-order valence-corrected chi connectivity index (χ3v) is 4.39. The van der Waals surface area contributed by atoms with Crippen molar-refractivity contribution >= 4 is 5.91 Å². The van der Waals surface area contributed by atoms with E-state index in [0.29, 0.717) is 0 Å². The highest BCUT2D eigenvalue weighted by molar-refractivity contribution is 5.81. The molecule has 0 aliphatic carbocycles. The molecule has 0 aliphatic heterocycles. The molecule has 24 heavy (non-hydrogen) atoms. The van der Waals surface area contributed by atoms with Gasteiger partial charge in [-0.05, 0) is 11.8 Å². The number of quaternary nitrogens is 1. The van der Waals surface area contributed by atoms with E-state index >= 15 is 0 Å². The van der Waals surface area contributed by atoms with E-state index in [0.717, 1.165) is 30.5 Å². The lowest BCUT2D eigenvalue weighted by molar-refractivity contribution is -0.903. The summed E-state index contributed by atoms with van der Waals surface area (Å²) >= 11 is 0. The minimum atomic E-state index is -0.316. The SMILES string of the molecule is CN(CC[N+](C)(C)Cc1ccccc1)C(=O)C(C)(C)CC(C)(C)C. The Hall–Kier alpha value is -1.35. The second-order valence-corrected chi connectivity index (χ2v) is 9.65. The summed E-state index contributed by atoms with van der Waals surface area (Å²) in [6, 6.07) is 10.6. The van der Waals surface area contributed by atoms with Crippen LogP contribution in [-0.4, -0.2) is 49.5 Å². The lowest BCUT2D eigenvalue weighted by Crippen LogP contribution is -2.48. The van der Waals surface area contributed by atoms with Crippen LogP contribution in [0.4, 0.5) is 0 Å². The molecule has 0 aromatic heterocycles. The molecule has 1 amide bonds. The van der Waals surface area contributed by atoms with Crippen molar-refractivity contribution in [1.29, 1.82) is 0 Å². The first kappa shape index (κ1) is 20.7. The Morgan fingerprint density at radius 1 is 1.04 bits per heavy atom. The maximum Gasteiger partial charge on any atom is 0.228 e. The quantitative estimate of drug-likeness (QED) is 0.685. The second-order valence-electron chi connectivity index (χ2n) is 9.65. The highest BCUT2D eigenvalue weighted by atomic mass is 16.2. The van der Waals surface area contributed by atoms with Crippen LogP contribution in [0.25, 0.3) is 0 Å². The predicted octanol–water partition coefficient (Wildman–Crippen LogP) is 4.18. The molecule has 0 saturated heterocycles. The smallest absolute Gasteiger partial charge is 0.228 e. The van der Waals surface area contributed by atoms with Gasteiger partial charge in [-0.2, -0.15) is 0 Å². The van der Waals surface area contributed by atoms with E-state index in [-0.39, 0.29) is 16.7 Å². The molecule has 0 atom stereocenters. The Labute approximate surface area is 149 Å². The number of nitrogens with zero attached hydrogens (tertiary/aromatic N) is 2. The number of amides is 1. The first-order valence-corrected chi connectivity index (χ1v) is 8.94. The molecule has 0 radical (unpaired) electrons. The predicted molar refractivity (Wildman–Crippen MR) is 103 cm³/mol. The van der Waals surface area contributed by atoms with Crippen molar-refractivity contribution in [1.82, 2.24) is 4.90 Å². The molecular weight excluding hydrogens is 296 g/mol. The Morgan fingerprint density at radius 3 is 2.08 bits per heavy atom. The van der Waals surface area contributed by atoms with Gasteiger partial charge in [0, 0.05) is 18.0 Å². The molecule has 0 N–H and O–H groups in total. The summed E-state index contributed by atoms with van der Waals surface area (Å²) in [5.41, 5.74) is 1.18.